The van der Waals surface area contributed by atoms with Crippen LogP contribution in [0.25, 0.3) is 0 Å². The number of hydrogen-bond donors (Lipinski definition) is 1. The molecule has 0 aliphatic carbocycles. The van der Waals surface area contributed by atoms with Crippen LogP contribution in [0.15, 0.2) is 33.6 Å². The lowest BCUT2D eigenvalue weighted by molar-refractivity contribution is -0.148. The molecule has 0 aromatic heterocycles. The monoisotopic (exact) mass is 375 g/mol. The highest BCUT2D eigenvalue weighted by Crippen LogP contribution is 2.38. The van der Waals surface area contributed by atoms with E-state index in [0.717, 1.165) is 6.42 Å². The molecule has 2 rings (SSSR count). The lowest BCUT2D eigenvalue weighted by atomic mass is 9.83. The molecule has 1 N–H and O–H groups in total. The Kier molecular flexibility index (Phi) is 4.75. The minimum Gasteiger partial charge on any atom is -0.481 e. The highest BCUT2D eigenvalue weighted by atomic mass is 79.9. The average molecular weight is 376 g/mol. The SMILES string of the molecule is CCCC1(C(=O)O)CCN(S(=O)(=O)c2ccccc2Br)C1. The lowest BCUT2D eigenvalue weighted by Gasteiger charge is -2.24. The van der Waals surface area contributed by atoms with Gasteiger partial charge in [0.25, 0.3) is 0 Å². The van der Waals surface area contributed by atoms with Crippen molar-refractivity contribution >= 4 is 31.9 Å². The summed E-state index contributed by atoms with van der Waals surface area (Å²) in [4.78, 5) is 11.7. The standard InChI is InChI=1S/C14H18BrNO4S/c1-2-7-14(13(17)18)8-9-16(10-14)21(19,20)12-6-4-3-5-11(12)15/h3-6H,2,7-10H2,1H3,(H,17,18). The van der Waals surface area contributed by atoms with Gasteiger partial charge in [-0.15, -0.1) is 0 Å². The predicted molar refractivity (Wildman–Crippen MR) is 82.5 cm³/mol. The van der Waals surface area contributed by atoms with Crippen molar-refractivity contribution in [1.82, 2.24) is 4.31 Å². The van der Waals surface area contributed by atoms with Crippen molar-refractivity contribution in [1.29, 1.82) is 0 Å². The molecule has 116 valence electrons. The van der Waals surface area contributed by atoms with Gasteiger partial charge in [0.2, 0.25) is 10.0 Å². The summed E-state index contributed by atoms with van der Waals surface area (Å²) >= 11 is 3.25. The molecule has 0 radical (unpaired) electrons. The highest BCUT2D eigenvalue weighted by molar-refractivity contribution is 9.10. The fourth-order valence-electron chi connectivity index (χ4n) is 2.80. The number of halogens is 1. The zero-order chi connectivity index (χ0) is 15.7. The molecule has 0 bridgehead atoms. The third-order valence-corrected chi connectivity index (χ3v) is 6.81. The summed E-state index contributed by atoms with van der Waals surface area (Å²) in [5, 5.41) is 9.47. The van der Waals surface area contributed by atoms with Crippen molar-refractivity contribution in [2.75, 3.05) is 13.1 Å². The quantitative estimate of drug-likeness (QED) is 0.858. The van der Waals surface area contributed by atoms with Crippen LogP contribution < -0.4 is 0 Å². The number of carboxylic acid groups (broad SMARTS) is 1. The summed E-state index contributed by atoms with van der Waals surface area (Å²) in [6.45, 7) is 2.20. The molecule has 1 heterocycles. The fraction of sp³-hybridized carbons (Fsp3) is 0.500. The average Bonchev–Trinajstić information content (AvgIpc) is 2.86. The van der Waals surface area contributed by atoms with Gasteiger partial charge in [-0.2, -0.15) is 4.31 Å². The molecular weight excluding hydrogens is 358 g/mol. The lowest BCUT2D eigenvalue weighted by Crippen LogP contribution is -2.37. The number of sulfonamides is 1. The molecule has 1 aliphatic rings. The Balaban J connectivity index is 2.32. The molecule has 21 heavy (non-hydrogen) atoms. The van der Waals surface area contributed by atoms with Crippen molar-refractivity contribution in [2.45, 2.75) is 31.1 Å². The van der Waals surface area contributed by atoms with E-state index in [1.807, 2.05) is 6.92 Å². The van der Waals surface area contributed by atoms with Crippen LogP contribution in [0.1, 0.15) is 26.2 Å². The molecule has 1 aromatic carbocycles. The van der Waals surface area contributed by atoms with E-state index in [4.69, 9.17) is 0 Å². The maximum absolute atomic E-state index is 12.7. The largest absolute Gasteiger partial charge is 0.481 e. The smallest absolute Gasteiger partial charge is 0.311 e. The first-order valence-electron chi connectivity index (χ1n) is 6.81. The normalized spacial score (nSPS) is 23.3. The zero-order valence-electron chi connectivity index (χ0n) is 11.8. The number of rotatable bonds is 5. The van der Waals surface area contributed by atoms with Gasteiger partial charge in [0.15, 0.2) is 0 Å². The van der Waals surface area contributed by atoms with Gasteiger partial charge in [-0.25, -0.2) is 8.42 Å². The molecule has 7 heteroatoms. The van der Waals surface area contributed by atoms with Gasteiger partial charge >= 0.3 is 5.97 Å². The molecular formula is C14H18BrNO4S. The summed E-state index contributed by atoms with van der Waals surface area (Å²) < 4.78 is 27.1. The second kappa shape index (κ2) is 6.06. The maximum atomic E-state index is 12.7. The minimum absolute atomic E-state index is 0.0415. The first-order chi connectivity index (χ1) is 9.83. The van der Waals surface area contributed by atoms with Crippen molar-refractivity contribution in [2.24, 2.45) is 5.41 Å². The number of aliphatic carboxylic acids is 1. The van der Waals surface area contributed by atoms with E-state index in [0.29, 0.717) is 17.3 Å². The Morgan fingerprint density at radius 1 is 1.43 bits per heavy atom. The number of hydrogen-bond acceptors (Lipinski definition) is 3. The van der Waals surface area contributed by atoms with Crippen LogP contribution in [0.4, 0.5) is 0 Å². The van der Waals surface area contributed by atoms with Crippen LogP contribution >= 0.6 is 15.9 Å². The molecule has 0 spiro atoms. The van der Waals surface area contributed by atoms with E-state index in [1.165, 1.54) is 10.4 Å². The van der Waals surface area contributed by atoms with Crippen LogP contribution in [0.2, 0.25) is 0 Å². The second-order valence-electron chi connectivity index (χ2n) is 5.35. The Bertz CT molecular complexity index is 646. The third kappa shape index (κ3) is 3.00. The second-order valence-corrected chi connectivity index (χ2v) is 8.12. The van der Waals surface area contributed by atoms with E-state index in [1.54, 1.807) is 18.2 Å². The van der Waals surface area contributed by atoms with Gasteiger partial charge in [-0.3, -0.25) is 4.79 Å². The Morgan fingerprint density at radius 2 is 2.10 bits per heavy atom. The van der Waals surface area contributed by atoms with Crippen LogP contribution in [-0.2, 0) is 14.8 Å². The molecule has 1 saturated heterocycles. The van der Waals surface area contributed by atoms with Gasteiger partial charge in [0.05, 0.1) is 10.3 Å². The number of nitrogens with zero attached hydrogens (tertiary/aromatic N) is 1. The zero-order valence-corrected chi connectivity index (χ0v) is 14.2. The van der Waals surface area contributed by atoms with Crippen molar-refractivity contribution < 1.29 is 18.3 Å². The highest BCUT2D eigenvalue weighted by Gasteiger charge is 2.47. The van der Waals surface area contributed by atoms with Gasteiger partial charge < -0.3 is 5.11 Å². The van der Waals surface area contributed by atoms with Gasteiger partial charge in [0.1, 0.15) is 0 Å². The Labute approximate surface area is 133 Å². The van der Waals surface area contributed by atoms with Gasteiger partial charge in [-0.1, -0.05) is 25.5 Å². The molecule has 0 amide bonds. The Morgan fingerprint density at radius 3 is 2.67 bits per heavy atom. The Hall–Kier alpha value is -0.920. The molecule has 1 unspecified atom stereocenters. The number of carboxylic acids is 1. The summed E-state index contributed by atoms with van der Waals surface area (Å²) in [5.74, 6) is -0.908. The molecule has 1 atom stereocenters. The fourth-order valence-corrected chi connectivity index (χ4v) is 5.29. The van der Waals surface area contributed by atoms with Crippen molar-refractivity contribution in [3.63, 3.8) is 0 Å². The molecule has 1 aliphatic heterocycles. The van der Waals surface area contributed by atoms with Crippen molar-refractivity contribution in [3.8, 4) is 0 Å². The van der Waals surface area contributed by atoms with Gasteiger partial charge in [-0.05, 0) is 40.9 Å². The summed E-state index contributed by atoms with van der Waals surface area (Å²) in [7, 11) is -3.67. The summed E-state index contributed by atoms with van der Waals surface area (Å²) in [6.07, 6.45) is 1.57. The van der Waals surface area contributed by atoms with Crippen molar-refractivity contribution in [3.05, 3.63) is 28.7 Å². The molecule has 1 fully saturated rings. The molecule has 5 nitrogen and oxygen atoms in total. The van der Waals surface area contributed by atoms with Gasteiger partial charge in [0, 0.05) is 17.6 Å². The number of carbonyl (C=O) groups is 1. The summed E-state index contributed by atoms with van der Waals surface area (Å²) in [5.41, 5.74) is -0.955. The third-order valence-electron chi connectivity index (χ3n) is 3.96. The summed E-state index contributed by atoms with van der Waals surface area (Å²) in [6, 6.07) is 6.59. The number of benzene rings is 1. The predicted octanol–water partition coefficient (Wildman–Crippen LogP) is 2.71. The minimum atomic E-state index is -3.67. The topological polar surface area (TPSA) is 74.7 Å². The van der Waals surface area contributed by atoms with Crippen LogP contribution in [0.5, 0.6) is 0 Å². The van der Waals surface area contributed by atoms with E-state index in [-0.39, 0.29) is 18.0 Å². The molecule has 1 aromatic rings. The van der Waals surface area contributed by atoms with E-state index in [9.17, 15) is 18.3 Å². The first-order valence-corrected chi connectivity index (χ1v) is 9.05. The van der Waals surface area contributed by atoms with Crippen LogP contribution in [0.3, 0.4) is 0 Å². The van der Waals surface area contributed by atoms with Crippen LogP contribution in [-0.4, -0.2) is 36.9 Å². The van der Waals surface area contributed by atoms with E-state index >= 15 is 0 Å². The first kappa shape index (κ1) is 16.5. The van der Waals surface area contributed by atoms with E-state index < -0.39 is 21.4 Å². The van der Waals surface area contributed by atoms with Crippen LogP contribution in [0, 0.1) is 5.41 Å². The molecule has 0 saturated carbocycles. The van der Waals surface area contributed by atoms with E-state index in [2.05, 4.69) is 15.9 Å². The maximum Gasteiger partial charge on any atom is 0.311 e.